The van der Waals surface area contributed by atoms with Gasteiger partial charge in [0.2, 0.25) is 0 Å². The van der Waals surface area contributed by atoms with Crippen LogP contribution < -0.4 is 0 Å². The van der Waals surface area contributed by atoms with Crippen molar-refractivity contribution in [2.75, 3.05) is 7.05 Å². The number of benzene rings is 2. The van der Waals surface area contributed by atoms with Gasteiger partial charge < -0.3 is 19.2 Å². The van der Waals surface area contributed by atoms with Crippen LogP contribution in [0.3, 0.4) is 0 Å². The van der Waals surface area contributed by atoms with Crippen molar-refractivity contribution in [1.29, 1.82) is 0 Å². The number of amides is 1. The zero-order chi connectivity index (χ0) is 22.4. The Kier molecular flexibility index (Phi) is 6.94. The number of carbonyl (C=O) groups excluding carboxylic acids is 1. The third-order valence-corrected chi connectivity index (χ3v) is 4.48. The number of carboxylic acid groups (broad SMARTS) is 1. The van der Waals surface area contributed by atoms with E-state index in [0.717, 1.165) is 11.1 Å². The number of carboxylic acids is 1. The number of likely N-dealkylation sites (N-methyl/N-ethyl adjacent to an activating group) is 1. The van der Waals surface area contributed by atoms with E-state index in [9.17, 15) is 14.0 Å². The van der Waals surface area contributed by atoms with E-state index in [1.165, 1.54) is 35.2 Å². The second kappa shape index (κ2) is 9.82. The summed E-state index contributed by atoms with van der Waals surface area (Å²) in [6.07, 6.45) is 1.42. The molecule has 1 aromatic heterocycles. The first-order valence-corrected chi connectivity index (χ1v) is 9.60. The zero-order valence-electron chi connectivity index (χ0n) is 16.4. The molecule has 158 valence electrons. The van der Waals surface area contributed by atoms with E-state index in [1.807, 2.05) is 0 Å². The van der Waals surface area contributed by atoms with Crippen LogP contribution in [0.5, 0.6) is 0 Å². The summed E-state index contributed by atoms with van der Waals surface area (Å²) < 4.78 is 24.0. The number of hydrogen-bond acceptors (Lipinski definition) is 5. The highest BCUT2D eigenvalue weighted by Crippen LogP contribution is 2.24. The van der Waals surface area contributed by atoms with Gasteiger partial charge in [-0.25, -0.2) is 9.18 Å². The van der Waals surface area contributed by atoms with Crippen LogP contribution in [0.1, 0.15) is 21.7 Å². The van der Waals surface area contributed by atoms with Crippen molar-refractivity contribution in [1.82, 2.24) is 4.90 Å². The minimum Gasteiger partial charge on any atom is -0.478 e. The molecular weight excluding hydrogens is 421 g/mol. The number of furan rings is 1. The van der Waals surface area contributed by atoms with Gasteiger partial charge in [0, 0.05) is 25.2 Å². The van der Waals surface area contributed by atoms with Crippen molar-refractivity contribution >= 4 is 35.7 Å². The second-order valence-electron chi connectivity index (χ2n) is 6.59. The van der Waals surface area contributed by atoms with E-state index in [1.54, 1.807) is 43.4 Å². The van der Waals surface area contributed by atoms with E-state index in [-0.39, 0.29) is 23.7 Å². The molecule has 0 atom stereocenters. The molecule has 0 unspecified atom stereocenters. The zero-order valence-corrected chi connectivity index (χ0v) is 17.3. The molecule has 6 nitrogen and oxygen atoms in total. The van der Waals surface area contributed by atoms with Crippen LogP contribution in [-0.2, 0) is 16.1 Å². The summed E-state index contributed by atoms with van der Waals surface area (Å²) in [5.74, 6) is -0.992. The van der Waals surface area contributed by atoms with Gasteiger partial charge in [-0.1, -0.05) is 24.3 Å². The Hall–Kier alpha value is -3.78. The normalized spacial score (nSPS) is 11.1. The smallest absolute Gasteiger partial charge is 0.335 e. The standard InChI is InChI=1S/C23H18FNO5S/c1-25(13-15-2-8-18(24)9-3-15)22(26)21(29-14-31)12-19-10-11-20(30-19)16-4-6-17(7-5-16)23(27)28/h2-12,14H,13H2,1H3,(H,27,28)/b21-12-. The predicted molar refractivity (Wildman–Crippen MR) is 117 cm³/mol. The molecule has 8 heteroatoms. The fourth-order valence-electron chi connectivity index (χ4n) is 2.81. The molecule has 1 heterocycles. The molecule has 31 heavy (non-hydrogen) atoms. The van der Waals surface area contributed by atoms with E-state index in [0.29, 0.717) is 17.1 Å². The number of halogens is 1. The minimum atomic E-state index is -1.01. The predicted octanol–water partition coefficient (Wildman–Crippen LogP) is 4.76. The van der Waals surface area contributed by atoms with Gasteiger partial charge in [-0.3, -0.25) is 4.79 Å². The first kappa shape index (κ1) is 21.9. The van der Waals surface area contributed by atoms with Gasteiger partial charge in [-0.2, -0.15) is 0 Å². The Bertz CT molecular complexity index is 1120. The summed E-state index contributed by atoms with van der Waals surface area (Å²) in [6.45, 7) is 0.247. The third kappa shape index (κ3) is 5.64. The molecule has 0 saturated carbocycles. The van der Waals surface area contributed by atoms with E-state index < -0.39 is 11.9 Å². The Labute approximate surface area is 183 Å². The largest absolute Gasteiger partial charge is 0.478 e. The molecule has 0 spiro atoms. The van der Waals surface area contributed by atoms with Crippen LogP contribution in [0.15, 0.2) is 70.8 Å². The van der Waals surface area contributed by atoms with Crippen LogP contribution in [-0.4, -0.2) is 34.5 Å². The Morgan fingerprint density at radius 3 is 2.39 bits per heavy atom. The average Bonchev–Trinajstić information content (AvgIpc) is 3.23. The summed E-state index contributed by atoms with van der Waals surface area (Å²) in [5.41, 5.74) is 2.58. The van der Waals surface area contributed by atoms with Gasteiger partial charge in [0.1, 0.15) is 17.3 Å². The summed E-state index contributed by atoms with van der Waals surface area (Å²) in [5, 5.41) is 8.99. The molecule has 1 amide bonds. The van der Waals surface area contributed by atoms with Crippen molar-refractivity contribution in [3.05, 3.63) is 89.1 Å². The second-order valence-corrected chi connectivity index (χ2v) is 6.79. The average molecular weight is 439 g/mol. The summed E-state index contributed by atoms with van der Waals surface area (Å²) in [4.78, 5) is 25.2. The molecule has 0 aliphatic rings. The number of rotatable bonds is 8. The lowest BCUT2D eigenvalue weighted by atomic mass is 10.1. The number of aromatic carboxylic acids is 1. The van der Waals surface area contributed by atoms with E-state index in [4.69, 9.17) is 26.5 Å². The van der Waals surface area contributed by atoms with Crippen LogP contribution in [0.4, 0.5) is 4.39 Å². The molecule has 3 rings (SSSR count). The lowest BCUT2D eigenvalue weighted by Gasteiger charge is -2.18. The Morgan fingerprint density at radius 1 is 1.10 bits per heavy atom. The highest BCUT2D eigenvalue weighted by atomic mass is 32.1. The maximum atomic E-state index is 13.1. The van der Waals surface area contributed by atoms with Gasteiger partial charge in [-0.05, 0) is 54.2 Å². The van der Waals surface area contributed by atoms with Crippen molar-refractivity contribution in [2.24, 2.45) is 0 Å². The monoisotopic (exact) mass is 439 g/mol. The van der Waals surface area contributed by atoms with Gasteiger partial charge in [-0.15, -0.1) is 0 Å². The molecule has 0 aliphatic carbocycles. The number of carbonyl (C=O) groups is 2. The van der Waals surface area contributed by atoms with E-state index >= 15 is 0 Å². The molecular formula is C23H18FNO5S. The molecule has 0 fully saturated rings. The van der Waals surface area contributed by atoms with Crippen LogP contribution in [0.2, 0.25) is 0 Å². The number of hydrogen-bond donors (Lipinski definition) is 1. The summed E-state index contributed by atoms with van der Waals surface area (Å²) in [7, 11) is 1.59. The minimum absolute atomic E-state index is 0.0401. The van der Waals surface area contributed by atoms with Crippen molar-refractivity contribution in [3.63, 3.8) is 0 Å². The lowest BCUT2D eigenvalue weighted by Crippen LogP contribution is -2.28. The molecule has 3 aromatic rings. The van der Waals surface area contributed by atoms with Crippen molar-refractivity contribution < 1.29 is 28.2 Å². The maximum absolute atomic E-state index is 13.1. The molecule has 0 aliphatic heterocycles. The highest BCUT2D eigenvalue weighted by molar-refractivity contribution is 7.78. The third-order valence-electron chi connectivity index (χ3n) is 4.38. The quantitative estimate of drug-likeness (QED) is 0.310. The van der Waals surface area contributed by atoms with Gasteiger partial charge in [0.05, 0.1) is 5.56 Å². The van der Waals surface area contributed by atoms with Crippen LogP contribution in [0.25, 0.3) is 17.4 Å². The SMILES string of the molecule is CN(Cc1ccc(F)cc1)C(=O)/C(=C/c1ccc(-c2ccc(C(=O)O)cc2)o1)OC=S. The molecule has 0 saturated heterocycles. The fraction of sp³-hybridized carbons (Fsp3) is 0.0870. The first-order chi connectivity index (χ1) is 14.9. The fourth-order valence-corrected chi connectivity index (χ4v) is 2.92. The van der Waals surface area contributed by atoms with Crippen molar-refractivity contribution in [2.45, 2.75) is 6.54 Å². The number of nitrogens with zero attached hydrogens (tertiary/aromatic N) is 1. The van der Waals surface area contributed by atoms with Gasteiger partial charge in [0.15, 0.2) is 11.3 Å². The highest BCUT2D eigenvalue weighted by Gasteiger charge is 2.18. The number of ether oxygens (including phenoxy) is 1. The number of thiocarbonyl (C=S) groups is 1. The van der Waals surface area contributed by atoms with Gasteiger partial charge in [0.25, 0.3) is 5.91 Å². The first-order valence-electron chi connectivity index (χ1n) is 9.13. The van der Waals surface area contributed by atoms with Crippen LogP contribution >= 0.6 is 12.2 Å². The summed E-state index contributed by atoms with van der Waals surface area (Å²) in [6, 6.07) is 15.4. The maximum Gasteiger partial charge on any atom is 0.335 e. The van der Waals surface area contributed by atoms with Crippen molar-refractivity contribution in [3.8, 4) is 11.3 Å². The summed E-state index contributed by atoms with van der Waals surface area (Å²) >= 11 is 4.73. The molecule has 0 bridgehead atoms. The molecule has 2 aromatic carbocycles. The molecule has 1 N–H and O–H groups in total. The van der Waals surface area contributed by atoms with Crippen LogP contribution in [0, 0.1) is 5.82 Å². The Balaban J connectivity index is 1.78. The Morgan fingerprint density at radius 2 is 1.77 bits per heavy atom. The molecule has 0 radical (unpaired) electrons. The topological polar surface area (TPSA) is 80.0 Å². The van der Waals surface area contributed by atoms with E-state index in [2.05, 4.69) is 0 Å². The van der Waals surface area contributed by atoms with Gasteiger partial charge >= 0.3 is 5.97 Å². The lowest BCUT2D eigenvalue weighted by molar-refractivity contribution is -0.128.